The van der Waals surface area contributed by atoms with E-state index in [0.29, 0.717) is 0 Å². The Morgan fingerprint density at radius 1 is 1.12 bits per heavy atom. The number of hydrogen-bond donors (Lipinski definition) is 0. The molecule has 0 amide bonds. The van der Waals surface area contributed by atoms with Gasteiger partial charge in [-0.25, -0.2) is 4.68 Å². The number of rotatable bonds is 1. The Labute approximate surface area is 98.9 Å². The summed E-state index contributed by atoms with van der Waals surface area (Å²) in [6, 6.07) is 10.0. The van der Waals surface area contributed by atoms with E-state index in [1.165, 1.54) is 0 Å². The van der Waals surface area contributed by atoms with E-state index in [9.17, 15) is 0 Å². The molecule has 0 aliphatic rings. The molecule has 84 valence electrons. The Bertz CT molecular complexity index is 679. The fourth-order valence-corrected chi connectivity index (χ4v) is 2.03. The largest absolute Gasteiger partial charge is 0.236 e. The Morgan fingerprint density at radius 3 is 2.71 bits per heavy atom. The van der Waals surface area contributed by atoms with E-state index in [-0.39, 0.29) is 0 Å². The molecule has 0 bridgehead atoms. The molecule has 1 aromatic carbocycles. The molecule has 0 aliphatic heterocycles. The first-order chi connectivity index (χ1) is 8.25. The lowest BCUT2D eigenvalue weighted by molar-refractivity contribution is 0.829. The minimum Gasteiger partial charge on any atom is -0.236 e. The maximum absolute atomic E-state index is 4.48. The molecule has 3 rings (SSSR count). The average molecular weight is 224 g/mol. The predicted octanol–water partition coefficient (Wildman–Crippen LogP) is 2.43. The van der Waals surface area contributed by atoms with Gasteiger partial charge in [-0.1, -0.05) is 18.2 Å². The van der Waals surface area contributed by atoms with Crippen LogP contribution in [0, 0.1) is 13.8 Å². The van der Waals surface area contributed by atoms with Crippen LogP contribution in [-0.4, -0.2) is 20.0 Å². The van der Waals surface area contributed by atoms with Crippen molar-refractivity contribution in [2.24, 2.45) is 0 Å². The Balaban J connectivity index is 2.34. The fraction of sp³-hybridized carbons (Fsp3) is 0.154. The summed E-state index contributed by atoms with van der Waals surface area (Å²) in [5, 5.41) is 13.7. The topological polar surface area (TPSA) is 43.6 Å². The molecule has 0 atom stereocenters. The van der Waals surface area contributed by atoms with Gasteiger partial charge in [-0.3, -0.25) is 0 Å². The summed E-state index contributed by atoms with van der Waals surface area (Å²) < 4.78 is 1.91. The van der Waals surface area contributed by atoms with E-state index in [2.05, 4.69) is 21.4 Å². The summed E-state index contributed by atoms with van der Waals surface area (Å²) >= 11 is 0. The molecular formula is C13H12N4. The van der Waals surface area contributed by atoms with E-state index in [4.69, 9.17) is 0 Å². The zero-order valence-electron chi connectivity index (χ0n) is 9.75. The monoisotopic (exact) mass is 224 g/mol. The summed E-state index contributed by atoms with van der Waals surface area (Å²) in [6.45, 7) is 4.02. The molecule has 0 fully saturated rings. The van der Waals surface area contributed by atoms with Crippen LogP contribution in [-0.2, 0) is 0 Å². The SMILES string of the molecule is Cc1cc(C)n(-c2cnnc3ccccc23)n1. The Kier molecular flexibility index (Phi) is 2.14. The van der Waals surface area contributed by atoms with Crippen molar-refractivity contribution in [1.29, 1.82) is 0 Å². The van der Waals surface area contributed by atoms with E-state index in [0.717, 1.165) is 28.0 Å². The minimum absolute atomic E-state index is 0.887. The number of fused-ring (bicyclic) bond motifs is 1. The molecule has 2 aromatic heterocycles. The van der Waals surface area contributed by atoms with E-state index in [1.54, 1.807) is 6.20 Å². The van der Waals surface area contributed by atoms with Crippen LogP contribution in [0.4, 0.5) is 0 Å². The molecule has 2 heterocycles. The zero-order chi connectivity index (χ0) is 11.8. The molecule has 0 saturated carbocycles. The Hall–Kier alpha value is -2.23. The molecule has 4 nitrogen and oxygen atoms in total. The second-order valence-electron chi connectivity index (χ2n) is 4.09. The first kappa shape index (κ1) is 9.96. The highest BCUT2D eigenvalue weighted by Gasteiger charge is 2.08. The van der Waals surface area contributed by atoms with Crippen LogP contribution in [0.25, 0.3) is 16.6 Å². The quantitative estimate of drug-likeness (QED) is 0.637. The highest BCUT2D eigenvalue weighted by molar-refractivity contribution is 5.86. The number of hydrogen-bond acceptors (Lipinski definition) is 3. The van der Waals surface area contributed by atoms with E-state index >= 15 is 0 Å². The molecular weight excluding hydrogens is 212 g/mol. The fourth-order valence-electron chi connectivity index (χ4n) is 2.03. The highest BCUT2D eigenvalue weighted by Crippen LogP contribution is 2.20. The van der Waals surface area contributed by atoms with Crippen LogP contribution in [0.1, 0.15) is 11.4 Å². The predicted molar refractivity (Wildman–Crippen MR) is 66.1 cm³/mol. The first-order valence-corrected chi connectivity index (χ1v) is 5.50. The number of aromatic nitrogens is 4. The smallest absolute Gasteiger partial charge is 0.0951 e. The van der Waals surface area contributed by atoms with Crippen molar-refractivity contribution in [3.05, 3.63) is 47.9 Å². The number of aryl methyl sites for hydroxylation is 2. The lowest BCUT2D eigenvalue weighted by Gasteiger charge is -2.06. The highest BCUT2D eigenvalue weighted by atomic mass is 15.3. The van der Waals surface area contributed by atoms with Crippen LogP contribution in [0.15, 0.2) is 36.5 Å². The van der Waals surface area contributed by atoms with Crippen molar-refractivity contribution < 1.29 is 0 Å². The van der Waals surface area contributed by atoms with Crippen LogP contribution in [0.5, 0.6) is 0 Å². The average Bonchev–Trinajstić information content (AvgIpc) is 2.68. The third-order valence-electron chi connectivity index (χ3n) is 2.76. The summed E-state index contributed by atoms with van der Waals surface area (Å²) in [5.74, 6) is 0. The third-order valence-corrected chi connectivity index (χ3v) is 2.76. The number of benzene rings is 1. The summed E-state index contributed by atoms with van der Waals surface area (Å²) in [6.07, 6.45) is 1.75. The molecule has 0 spiro atoms. The van der Waals surface area contributed by atoms with Crippen LogP contribution in [0.2, 0.25) is 0 Å². The lowest BCUT2D eigenvalue weighted by Crippen LogP contribution is -2.01. The van der Waals surface area contributed by atoms with Gasteiger partial charge in [0, 0.05) is 11.1 Å². The van der Waals surface area contributed by atoms with Crippen LogP contribution < -0.4 is 0 Å². The first-order valence-electron chi connectivity index (χ1n) is 5.50. The van der Waals surface area contributed by atoms with Gasteiger partial charge >= 0.3 is 0 Å². The van der Waals surface area contributed by atoms with Crippen molar-refractivity contribution in [3.8, 4) is 5.69 Å². The van der Waals surface area contributed by atoms with Gasteiger partial charge in [-0.05, 0) is 26.0 Å². The van der Waals surface area contributed by atoms with Crippen molar-refractivity contribution in [2.75, 3.05) is 0 Å². The molecule has 4 heteroatoms. The third kappa shape index (κ3) is 1.58. The van der Waals surface area contributed by atoms with Crippen molar-refractivity contribution >= 4 is 10.9 Å². The second kappa shape index (κ2) is 3.66. The van der Waals surface area contributed by atoms with Gasteiger partial charge < -0.3 is 0 Å². The van der Waals surface area contributed by atoms with Gasteiger partial charge in [0.1, 0.15) is 0 Å². The second-order valence-corrected chi connectivity index (χ2v) is 4.09. The normalized spacial score (nSPS) is 10.9. The zero-order valence-corrected chi connectivity index (χ0v) is 9.75. The molecule has 0 saturated heterocycles. The van der Waals surface area contributed by atoms with Gasteiger partial charge in [-0.15, -0.1) is 0 Å². The lowest BCUT2D eigenvalue weighted by atomic mass is 10.2. The summed E-state index contributed by atoms with van der Waals surface area (Å²) in [5.41, 5.74) is 3.96. The van der Waals surface area contributed by atoms with Crippen molar-refractivity contribution in [2.45, 2.75) is 13.8 Å². The molecule has 0 aliphatic carbocycles. The standard InChI is InChI=1S/C13H12N4/c1-9-7-10(2)17(16-9)13-8-14-15-12-6-4-3-5-11(12)13/h3-8H,1-2H3. The van der Waals surface area contributed by atoms with Gasteiger partial charge in [0.05, 0.1) is 23.1 Å². The van der Waals surface area contributed by atoms with Gasteiger partial charge in [0.25, 0.3) is 0 Å². The van der Waals surface area contributed by atoms with Gasteiger partial charge in [-0.2, -0.15) is 15.3 Å². The van der Waals surface area contributed by atoms with E-state index in [1.807, 2.05) is 42.8 Å². The van der Waals surface area contributed by atoms with Crippen molar-refractivity contribution in [1.82, 2.24) is 20.0 Å². The summed E-state index contributed by atoms with van der Waals surface area (Å²) in [4.78, 5) is 0. The van der Waals surface area contributed by atoms with Gasteiger partial charge in [0.2, 0.25) is 0 Å². The molecule has 3 aromatic rings. The molecule has 0 radical (unpaired) electrons. The number of nitrogens with zero attached hydrogens (tertiary/aromatic N) is 4. The minimum atomic E-state index is 0.887. The molecule has 0 unspecified atom stereocenters. The van der Waals surface area contributed by atoms with Crippen LogP contribution in [0.3, 0.4) is 0 Å². The molecule has 17 heavy (non-hydrogen) atoms. The van der Waals surface area contributed by atoms with Gasteiger partial charge in [0.15, 0.2) is 0 Å². The van der Waals surface area contributed by atoms with Crippen molar-refractivity contribution in [3.63, 3.8) is 0 Å². The maximum atomic E-state index is 4.48. The molecule has 0 N–H and O–H groups in total. The maximum Gasteiger partial charge on any atom is 0.0951 e. The summed E-state index contributed by atoms with van der Waals surface area (Å²) in [7, 11) is 0. The van der Waals surface area contributed by atoms with E-state index < -0.39 is 0 Å². The Morgan fingerprint density at radius 2 is 1.94 bits per heavy atom. The van der Waals surface area contributed by atoms with Crippen LogP contribution >= 0.6 is 0 Å².